The number of rotatable bonds is 6. The molecule has 1 atom stereocenters. The molecule has 0 saturated heterocycles. The molecule has 1 aliphatic heterocycles. The van der Waals surface area contributed by atoms with Crippen molar-refractivity contribution >= 4 is 41.5 Å². The number of nitrogens with zero attached hydrogens (tertiary/aromatic N) is 1. The molecule has 39 heavy (non-hydrogen) atoms. The van der Waals surface area contributed by atoms with Gasteiger partial charge in [-0.3, -0.25) is 9.69 Å². The predicted molar refractivity (Wildman–Crippen MR) is 163 cm³/mol. The summed E-state index contributed by atoms with van der Waals surface area (Å²) in [4.78, 5) is 14.9. The topological polar surface area (TPSA) is 40.5 Å². The van der Waals surface area contributed by atoms with Crippen molar-refractivity contribution in [3.63, 3.8) is 0 Å². The average molecular weight is 627 g/mol. The Balaban J connectivity index is 1.71. The maximum absolute atomic E-state index is 15.3. The lowest BCUT2D eigenvalue weighted by atomic mass is 9.93. The van der Waals surface area contributed by atoms with Gasteiger partial charge in [0.05, 0.1) is 11.1 Å². The molecule has 3 aromatic carbocycles. The molecule has 4 rings (SSSR count). The zero-order valence-electron chi connectivity index (χ0n) is 23.1. The van der Waals surface area contributed by atoms with Gasteiger partial charge >= 0.3 is 0 Å². The molecule has 0 bridgehead atoms. The molecule has 0 aromatic heterocycles. The molecule has 1 N–H and O–H groups in total. The van der Waals surface area contributed by atoms with Crippen molar-refractivity contribution in [1.82, 2.24) is 4.90 Å². The third-order valence-electron chi connectivity index (χ3n) is 8.10. The fourth-order valence-electron chi connectivity index (χ4n) is 6.18. The average Bonchev–Trinajstić information content (AvgIpc) is 3.07. The van der Waals surface area contributed by atoms with E-state index in [1.807, 2.05) is 24.3 Å². The second-order valence-electron chi connectivity index (χ2n) is 11.2. The van der Waals surface area contributed by atoms with E-state index in [-0.39, 0.29) is 17.7 Å². The third kappa shape index (κ3) is 5.23. The normalized spacial score (nSPS) is 17.2. The Kier molecular flexibility index (Phi) is 8.49. The first-order valence-corrected chi connectivity index (χ1v) is 16.6. The zero-order chi connectivity index (χ0) is 28.7. The first-order chi connectivity index (χ1) is 18.3. The van der Waals surface area contributed by atoms with Crippen LogP contribution >= 0.6 is 27.5 Å². The molecule has 1 amide bonds. The maximum Gasteiger partial charge on any atom is 0.257 e. The van der Waals surface area contributed by atoms with Crippen LogP contribution in [-0.2, 0) is 12.3 Å². The van der Waals surface area contributed by atoms with Crippen LogP contribution < -0.4 is 0 Å². The predicted octanol–water partition coefficient (Wildman–Crippen LogP) is 8.66. The van der Waals surface area contributed by atoms with E-state index in [4.69, 9.17) is 11.6 Å². The van der Waals surface area contributed by atoms with Crippen LogP contribution in [0.25, 0.3) is 0 Å². The molecule has 1 heterocycles. The highest BCUT2D eigenvalue weighted by atomic mass is 79.9. The number of benzene rings is 3. The van der Waals surface area contributed by atoms with Crippen LogP contribution in [0.15, 0.2) is 65.1 Å². The molecular formula is C32H34BrClFNO2Si. The van der Waals surface area contributed by atoms with Crippen molar-refractivity contribution < 1.29 is 14.3 Å². The number of hydrogen-bond donors (Lipinski definition) is 1. The largest absolute Gasteiger partial charge is 0.363 e. The molecule has 0 fully saturated rings. The van der Waals surface area contributed by atoms with Gasteiger partial charge in [-0.05, 0) is 58.6 Å². The van der Waals surface area contributed by atoms with Crippen molar-refractivity contribution in [3.05, 3.63) is 104 Å². The molecule has 7 heteroatoms. The van der Waals surface area contributed by atoms with E-state index in [1.54, 1.807) is 30.3 Å². The molecule has 0 saturated carbocycles. The highest BCUT2D eigenvalue weighted by Crippen LogP contribution is 2.45. The Morgan fingerprint density at radius 1 is 0.974 bits per heavy atom. The Bertz CT molecular complexity index is 1420. The van der Waals surface area contributed by atoms with Gasteiger partial charge < -0.3 is 5.11 Å². The molecule has 1 unspecified atom stereocenters. The Hall–Kier alpha value is -2.43. The summed E-state index contributed by atoms with van der Waals surface area (Å²) in [7, 11) is -1.87. The summed E-state index contributed by atoms with van der Waals surface area (Å²) in [6, 6.07) is 17.0. The summed E-state index contributed by atoms with van der Waals surface area (Å²) in [5.74, 6) is 2.34. The van der Waals surface area contributed by atoms with Crippen LogP contribution in [0.4, 0.5) is 4.39 Å². The molecular weight excluding hydrogens is 593 g/mol. The molecule has 0 radical (unpaired) electrons. The Morgan fingerprint density at radius 2 is 1.54 bits per heavy atom. The van der Waals surface area contributed by atoms with Crippen molar-refractivity contribution in [2.24, 2.45) is 0 Å². The van der Waals surface area contributed by atoms with Crippen molar-refractivity contribution in [2.75, 3.05) is 0 Å². The van der Waals surface area contributed by atoms with E-state index in [0.29, 0.717) is 31.7 Å². The number of carbonyl (C=O) groups is 1. The summed E-state index contributed by atoms with van der Waals surface area (Å²) in [5, 5.41) is 12.5. The van der Waals surface area contributed by atoms with Gasteiger partial charge in [-0.1, -0.05) is 99.3 Å². The van der Waals surface area contributed by atoms with Crippen LogP contribution in [0.1, 0.15) is 74.2 Å². The first kappa shape index (κ1) is 29.5. The Labute approximate surface area is 245 Å². The minimum absolute atomic E-state index is 0.0575. The van der Waals surface area contributed by atoms with Gasteiger partial charge in [-0.15, -0.1) is 5.54 Å². The van der Waals surface area contributed by atoms with E-state index in [0.717, 1.165) is 11.1 Å². The van der Waals surface area contributed by atoms with Crippen molar-refractivity contribution in [3.8, 4) is 11.5 Å². The summed E-state index contributed by atoms with van der Waals surface area (Å²) in [6.45, 7) is 13.8. The van der Waals surface area contributed by atoms with Gasteiger partial charge in [-0.2, -0.15) is 0 Å². The van der Waals surface area contributed by atoms with E-state index in [2.05, 4.69) is 68.9 Å². The molecule has 0 spiro atoms. The Morgan fingerprint density at radius 3 is 2.08 bits per heavy atom. The van der Waals surface area contributed by atoms with Crippen LogP contribution in [0.5, 0.6) is 0 Å². The first-order valence-electron chi connectivity index (χ1n) is 13.2. The lowest BCUT2D eigenvalue weighted by Crippen LogP contribution is -2.44. The minimum atomic E-state index is -1.99. The van der Waals surface area contributed by atoms with E-state index < -0.39 is 25.5 Å². The highest BCUT2D eigenvalue weighted by molar-refractivity contribution is 9.10. The number of halogens is 3. The number of fused-ring (bicyclic) bond motifs is 1. The SMILES string of the molecule is CC(C)[Si](C#Cc1ccc(CN2C(=O)c3cc(Br)cc(F)c3C2(O)c2ccc(Cl)cc2)cc1)(C(C)C)C(C)C. The maximum atomic E-state index is 15.3. The highest BCUT2D eigenvalue weighted by Gasteiger charge is 2.52. The molecule has 0 aliphatic carbocycles. The summed E-state index contributed by atoms with van der Waals surface area (Å²) >= 11 is 9.36. The van der Waals surface area contributed by atoms with Gasteiger partial charge in [0.2, 0.25) is 0 Å². The third-order valence-corrected chi connectivity index (χ3v) is 15.1. The summed E-state index contributed by atoms with van der Waals surface area (Å²) in [5.41, 5.74) is 5.51. The number of aliphatic hydroxyl groups is 1. The second kappa shape index (κ2) is 11.2. The van der Waals surface area contributed by atoms with Gasteiger partial charge in [0.15, 0.2) is 5.72 Å². The lowest BCUT2D eigenvalue weighted by molar-refractivity contribution is -0.0562. The number of carbonyl (C=O) groups excluding carboxylic acids is 1. The number of hydrogen-bond acceptors (Lipinski definition) is 2. The van der Waals surface area contributed by atoms with E-state index in [9.17, 15) is 9.90 Å². The fraction of sp³-hybridized carbons (Fsp3) is 0.344. The van der Waals surface area contributed by atoms with Gasteiger partial charge in [0.1, 0.15) is 13.9 Å². The molecule has 3 nitrogen and oxygen atoms in total. The lowest BCUT2D eigenvalue weighted by Gasteiger charge is -2.38. The van der Waals surface area contributed by atoms with Gasteiger partial charge in [0, 0.05) is 27.2 Å². The van der Waals surface area contributed by atoms with Crippen molar-refractivity contribution in [1.29, 1.82) is 0 Å². The summed E-state index contributed by atoms with van der Waals surface area (Å²) < 4.78 is 15.7. The second-order valence-corrected chi connectivity index (χ2v) is 18.2. The molecule has 1 aliphatic rings. The smallest absolute Gasteiger partial charge is 0.257 e. The standard InChI is InChI=1S/C32H34BrClFNO2Si/c1-20(2)39(21(3)4,22(5)6)16-15-23-7-9-24(10-8-23)19-36-31(37)28-17-26(33)18-29(35)30(28)32(36,38)25-11-13-27(34)14-12-25/h7-14,17-18,20-22,38H,19H2,1-6H3. The van der Waals surface area contributed by atoms with Gasteiger partial charge in [-0.25, -0.2) is 4.39 Å². The quantitative estimate of drug-likeness (QED) is 0.220. The summed E-state index contributed by atoms with van der Waals surface area (Å²) in [6.07, 6.45) is 0. The number of amides is 1. The van der Waals surface area contributed by atoms with Crippen LogP contribution in [-0.4, -0.2) is 24.0 Å². The van der Waals surface area contributed by atoms with Crippen molar-refractivity contribution in [2.45, 2.75) is 70.4 Å². The minimum Gasteiger partial charge on any atom is -0.363 e. The van der Waals surface area contributed by atoms with Gasteiger partial charge in [0.25, 0.3) is 5.91 Å². The zero-order valence-corrected chi connectivity index (χ0v) is 26.5. The van der Waals surface area contributed by atoms with Crippen LogP contribution in [0.3, 0.4) is 0 Å². The fourth-order valence-corrected chi connectivity index (χ4v) is 12.0. The molecule has 3 aromatic rings. The van der Waals surface area contributed by atoms with E-state index >= 15 is 4.39 Å². The molecule has 204 valence electrons. The van der Waals surface area contributed by atoms with Crippen LogP contribution in [0.2, 0.25) is 21.6 Å². The van der Waals surface area contributed by atoms with Crippen LogP contribution in [0, 0.1) is 17.3 Å². The monoisotopic (exact) mass is 625 g/mol. The van der Waals surface area contributed by atoms with E-state index in [1.165, 1.54) is 11.0 Å².